The third-order valence-corrected chi connectivity index (χ3v) is 9.29. The molecular formula is C28H41BrN2O6. The number of esters is 1. The summed E-state index contributed by atoms with van der Waals surface area (Å²) in [5, 5.41) is 32.7. The number of aliphatic hydroxyl groups is 3. The van der Waals surface area contributed by atoms with Crippen LogP contribution in [-0.4, -0.2) is 63.9 Å². The van der Waals surface area contributed by atoms with E-state index < -0.39 is 41.2 Å². The standard InChI is InChI=1S/C28H41BrN2O6/c1-15-8-9-17(3)27(4,5)20-14-18(10-12-32)24(34)28(30,36)25(16(2)13-19(15)23(20)33)37-26(35)22-21(29)7-6-11-31-22/h7,13-15,17,19-20,24-25,32,34,36H,6,8-12,30H2,1-5H3/b16-13-,18-14-/t15-,17?,19?,20?,24?,25?,28?/m1/s1. The van der Waals surface area contributed by atoms with Gasteiger partial charge in [-0.05, 0) is 76.9 Å². The van der Waals surface area contributed by atoms with E-state index >= 15 is 0 Å². The minimum absolute atomic E-state index is 0.000436. The zero-order chi connectivity index (χ0) is 27.7. The molecule has 6 unspecified atom stereocenters. The SMILES string of the molecule is C/C1=C/C2C(=O)C(/C=C(/CCO)C(O)C(N)(O)C1OC(=O)C1=NCCC=C1Br)C(C)(C)C(C)CC[C@H]2C. The highest BCUT2D eigenvalue weighted by Crippen LogP contribution is 2.46. The number of ketones is 1. The Bertz CT molecular complexity index is 1030. The highest BCUT2D eigenvalue weighted by atomic mass is 79.9. The number of Topliss-reactive ketones (excluding diaryl/α,β-unsaturated/α-hetero) is 1. The number of dihydropyridines is 1. The normalized spacial score (nSPS) is 39.6. The van der Waals surface area contributed by atoms with Crippen LogP contribution in [0.2, 0.25) is 0 Å². The van der Waals surface area contributed by atoms with Crippen LogP contribution in [0.3, 0.4) is 0 Å². The van der Waals surface area contributed by atoms with Crippen LogP contribution in [0.25, 0.3) is 0 Å². The number of allylic oxidation sites excluding steroid dienone is 2. The van der Waals surface area contributed by atoms with Gasteiger partial charge in [0, 0.05) is 29.5 Å². The number of carbonyl (C=O) groups excluding carboxylic acids is 2. The van der Waals surface area contributed by atoms with Crippen molar-refractivity contribution in [2.45, 2.75) is 78.2 Å². The molecular weight excluding hydrogens is 540 g/mol. The quantitative estimate of drug-likeness (QED) is 0.227. The predicted molar refractivity (Wildman–Crippen MR) is 146 cm³/mol. The number of fused-ring (bicyclic) bond motifs is 2. The first-order valence-corrected chi connectivity index (χ1v) is 13.9. The maximum Gasteiger partial charge on any atom is 0.358 e. The fourth-order valence-corrected chi connectivity index (χ4v) is 6.17. The first kappa shape index (κ1) is 29.9. The van der Waals surface area contributed by atoms with Crippen LogP contribution in [0.4, 0.5) is 0 Å². The second-order valence-electron chi connectivity index (χ2n) is 11.5. The molecule has 5 N–H and O–H groups in total. The summed E-state index contributed by atoms with van der Waals surface area (Å²) in [5.41, 5.74) is 4.19. The molecule has 1 saturated carbocycles. The summed E-state index contributed by atoms with van der Waals surface area (Å²) in [6.45, 7) is 10.0. The van der Waals surface area contributed by atoms with E-state index in [4.69, 9.17) is 10.5 Å². The third-order valence-electron chi connectivity index (χ3n) is 8.59. The Hall–Kier alpha value is -1.65. The fourth-order valence-electron chi connectivity index (χ4n) is 5.65. The monoisotopic (exact) mass is 580 g/mol. The third kappa shape index (κ3) is 6.01. The number of aliphatic imine (C=N–C) groups is 1. The lowest BCUT2D eigenvalue weighted by molar-refractivity contribution is -0.164. The van der Waals surface area contributed by atoms with Gasteiger partial charge in [-0.3, -0.25) is 15.5 Å². The molecule has 2 aliphatic carbocycles. The van der Waals surface area contributed by atoms with Crippen molar-refractivity contribution in [3.63, 3.8) is 0 Å². The summed E-state index contributed by atoms with van der Waals surface area (Å²) < 4.78 is 6.22. The molecule has 1 aliphatic heterocycles. The van der Waals surface area contributed by atoms with Crippen molar-refractivity contribution >= 4 is 33.4 Å². The first-order valence-electron chi connectivity index (χ1n) is 13.1. The molecule has 0 radical (unpaired) electrons. The molecule has 0 spiro atoms. The highest BCUT2D eigenvalue weighted by molar-refractivity contribution is 9.12. The van der Waals surface area contributed by atoms with Crippen molar-refractivity contribution in [1.29, 1.82) is 0 Å². The van der Waals surface area contributed by atoms with Crippen LogP contribution in [0.5, 0.6) is 0 Å². The van der Waals surface area contributed by atoms with Crippen molar-refractivity contribution in [2.75, 3.05) is 13.2 Å². The van der Waals surface area contributed by atoms with Gasteiger partial charge in [0.2, 0.25) is 0 Å². The average Bonchev–Trinajstić information content (AvgIpc) is 2.84. The topological polar surface area (TPSA) is 142 Å². The van der Waals surface area contributed by atoms with Crippen molar-refractivity contribution in [3.8, 4) is 0 Å². The van der Waals surface area contributed by atoms with Gasteiger partial charge in [0.15, 0.2) is 17.5 Å². The van der Waals surface area contributed by atoms with Crippen LogP contribution >= 0.6 is 15.9 Å². The summed E-state index contributed by atoms with van der Waals surface area (Å²) in [7, 11) is 0. The molecule has 1 heterocycles. The smallest absolute Gasteiger partial charge is 0.358 e. The zero-order valence-electron chi connectivity index (χ0n) is 22.4. The molecule has 0 saturated heterocycles. The van der Waals surface area contributed by atoms with Gasteiger partial charge in [-0.25, -0.2) is 4.79 Å². The summed E-state index contributed by atoms with van der Waals surface area (Å²) in [5.74, 6) is -1.65. The zero-order valence-corrected chi connectivity index (χ0v) is 24.0. The van der Waals surface area contributed by atoms with E-state index in [2.05, 4.69) is 27.8 Å². The second-order valence-corrected chi connectivity index (χ2v) is 12.3. The van der Waals surface area contributed by atoms with Crippen molar-refractivity contribution in [1.82, 2.24) is 0 Å². The average molecular weight is 582 g/mol. The van der Waals surface area contributed by atoms with Crippen LogP contribution in [0, 0.1) is 29.1 Å². The fraction of sp³-hybridized carbons (Fsp3) is 0.679. The summed E-state index contributed by atoms with van der Waals surface area (Å²) >= 11 is 3.33. The summed E-state index contributed by atoms with van der Waals surface area (Å²) in [4.78, 5) is 31.5. The highest BCUT2D eigenvalue weighted by Gasteiger charge is 2.49. The molecule has 0 amide bonds. The summed E-state index contributed by atoms with van der Waals surface area (Å²) in [6, 6.07) is 0. The van der Waals surface area contributed by atoms with Gasteiger partial charge in [-0.2, -0.15) is 0 Å². The maximum atomic E-state index is 14.1. The molecule has 9 heteroatoms. The van der Waals surface area contributed by atoms with Crippen molar-refractivity contribution in [3.05, 3.63) is 33.9 Å². The lowest BCUT2D eigenvalue weighted by Crippen LogP contribution is -2.62. The van der Waals surface area contributed by atoms with Gasteiger partial charge in [-0.1, -0.05) is 45.9 Å². The van der Waals surface area contributed by atoms with E-state index in [1.165, 1.54) is 0 Å². The molecule has 2 bridgehead atoms. The predicted octanol–water partition coefficient (Wildman–Crippen LogP) is 3.19. The Kier molecular flexibility index (Phi) is 9.39. The Morgan fingerprint density at radius 1 is 1.27 bits per heavy atom. The molecule has 3 rings (SSSR count). The van der Waals surface area contributed by atoms with Gasteiger partial charge in [0.05, 0.1) is 0 Å². The first-order chi connectivity index (χ1) is 17.2. The van der Waals surface area contributed by atoms with E-state index in [1.54, 1.807) is 19.1 Å². The van der Waals surface area contributed by atoms with Crippen LogP contribution in [0.1, 0.15) is 60.3 Å². The Morgan fingerprint density at radius 3 is 2.57 bits per heavy atom. The van der Waals surface area contributed by atoms with Gasteiger partial charge in [-0.15, -0.1) is 0 Å². The second kappa shape index (κ2) is 11.6. The minimum Gasteiger partial charge on any atom is -0.448 e. The Morgan fingerprint density at radius 2 is 1.95 bits per heavy atom. The lowest BCUT2D eigenvalue weighted by atomic mass is 9.60. The van der Waals surface area contributed by atoms with Gasteiger partial charge in [0.25, 0.3) is 0 Å². The molecule has 1 fully saturated rings. The van der Waals surface area contributed by atoms with Gasteiger partial charge < -0.3 is 20.1 Å². The van der Waals surface area contributed by atoms with E-state index in [-0.39, 0.29) is 41.9 Å². The molecule has 0 aromatic heterocycles. The lowest BCUT2D eigenvalue weighted by Gasteiger charge is -2.44. The Labute approximate surface area is 227 Å². The number of nitrogens with zero attached hydrogens (tertiary/aromatic N) is 1. The molecule has 7 atom stereocenters. The van der Waals surface area contributed by atoms with Gasteiger partial charge in [0.1, 0.15) is 11.9 Å². The van der Waals surface area contributed by atoms with Gasteiger partial charge >= 0.3 is 5.97 Å². The van der Waals surface area contributed by atoms with E-state index in [0.717, 1.165) is 12.8 Å². The molecule has 0 aromatic rings. The van der Waals surface area contributed by atoms with Crippen molar-refractivity contribution < 1.29 is 29.6 Å². The Balaban J connectivity index is 2.17. The number of aliphatic hydroxyl groups excluding tert-OH is 2. The van der Waals surface area contributed by atoms with E-state index in [9.17, 15) is 24.9 Å². The number of hydrogen-bond acceptors (Lipinski definition) is 8. The minimum atomic E-state index is -2.43. The number of halogens is 1. The number of ether oxygens (including phenoxy) is 1. The number of nitrogens with two attached hydrogens (primary N) is 1. The molecule has 206 valence electrons. The van der Waals surface area contributed by atoms with E-state index in [1.807, 2.05) is 26.8 Å². The molecule has 3 aliphatic rings. The molecule has 8 nitrogen and oxygen atoms in total. The molecule has 0 aromatic carbocycles. The van der Waals surface area contributed by atoms with E-state index in [0.29, 0.717) is 23.0 Å². The molecule has 37 heavy (non-hydrogen) atoms. The van der Waals surface area contributed by atoms with Crippen LogP contribution in [-0.2, 0) is 14.3 Å². The summed E-state index contributed by atoms with van der Waals surface area (Å²) in [6.07, 6.45) is 4.50. The van der Waals surface area contributed by atoms with Crippen molar-refractivity contribution in [2.24, 2.45) is 39.8 Å². The number of hydrogen-bond donors (Lipinski definition) is 4. The van der Waals surface area contributed by atoms with Crippen LogP contribution in [0.15, 0.2) is 38.8 Å². The number of rotatable bonds is 4. The van der Waals surface area contributed by atoms with Crippen LogP contribution < -0.4 is 5.73 Å². The number of carbonyl (C=O) groups is 2. The largest absolute Gasteiger partial charge is 0.448 e. The maximum absolute atomic E-state index is 14.1.